The highest BCUT2D eigenvalue weighted by atomic mass is 35.5. The molecular weight excluding hydrogens is 512 g/mol. The highest BCUT2D eigenvalue weighted by Crippen LogP contribution is 2.34. The van der Waals surface area contributed by atoms with Crippen molar-refractivity contribution in [3.05, 3.63) is 81.5 Å². The lowest BCUT2D eigenvalue weighted by Crippen LogP contribution is -2.61. The summed E-state index contributed by atoms with van der Waals surface area (Å²) < 4.78 is 1.97. The first-order valence-corrected chi connectivity index (χ1v) is 14.0. The second kappa shape index (κ2) is 10.9. The van der Waals surface area contributed by atoms with Gasteiger partial charge in [-0.05, 0) is 66.6 Å². The van der Waals surface area contributed by atoms with E-state index in [-0.39, 0.29) is 30.3 Å². The van der Waals surface area contributed by atoms with Gasteiger partial charge in [-0.3, -0.25) is 14.4 Å². The van der Waals surface area contributed by atoms with E-state index in [0.717, 1.165) is 35.0 Å². The maximum Gasteiger partial charge on any atom is 0.256 e. The van der Waals surface area contributed by atoms with Gasteiger partial charge in [-0.25, -0.2) is 0 Å². The Morgan fingerprint density at radius 2 is 1.90 bits per heavy atom. The van der Waals surface area contributed by atoms with Gasteiger partial charge >= 0.3 is 0 Å². The summed E-state index contributed by atoms with van der Waals surface area (Å²) in [6.07, 6.45) is 3.69. The average molecular weight is 547 g/mol. The first-order chi connectivity index (χ1) is 18.7. The third-order valence-corrected chi connectivity index (χ3v) is 8.25. The van der Waals surface area contributed by atoms with Crippen molar-refractivity contribution in [1.29, 1.82) is 0 Å². The minimum absolute atomic E-state index is 0.0252. The number of rotatable bonds is 7. The van der Waals surface area contributed by atoms with Gasteiger partial charge in [-0.2, -0.15) is 0 Å². The molecule has 3 heterocycles. The molecule has 0 saturated carbocycles. The first-order valence-electron chi connectivity index (χ1n) is 13.7. The summed E-state index contributed by atoms with van der Waals surface area (Å²) in [7, 11) is 0. The smallest absolute Gasteiger partial charge is 0.256 e. The van der Waals surface area contributed by atoms with Crippen molar-refractivity contribution >= 4 is 40.2 Å². The Bertz CT molecular complexity index is 1480. The molecule has 1 N–H and O–H groups in total. The van der Waals surface area contributed by atoms with Gasteiger partial charge in [0, 0.05) is 42.3 Å². The molecule has 3 aromatic rings. The highest BCUT2D eigenvalue weighted by Gasteiger charge is 2.32. The average Bonchev–Trinajstić information content (AvgIpc) is 3.21. The number of carbonyl (C=O) groups is 3. The summed E-state index contributed by atoms with van der Waals surface area (Å²) >= 11 is 6.49. The monoisotopic (exact) mass is 546 g/mol. The number of hydrogen-bond acceptors (Lipinski definition) is 3. The molecule has 0 atom stereocenters. The Kier molecular flexibility index (Phi) is 7.54. The zero-order valence-electron chi connectivity index (χ0n) is 22.8. The quantitative estimate of drug-likeness (QED) is 0.445. The number of fused-ring (bicyclic) bond motifs is 2. The molecule has 5 rings (SSSR count). The molecule has 1 saturated heterocycles. The number of amides is 3. The summed E-state index contributed by atoms with van der Waals surface area (Å²) in [5.41, 5.74) is 7.16. The van der Waals surface area contributed by atoms with E-state index in [1.54, 1.807) is 4.90 Å². The topological polar surface area (TPSA) is 74.6 Å². The Labute approximate surface area is 234 Å². The summed E-state index contributed by atoms with van der Waals surface area (Å²) in [6, 6.07) is 10.0. The number of hydrogen-bond donors (Lipinski definition) is 1. The normalized spacial score (nSPS) is 15.2. The van der Waals surface area contributed by atoms with Gasteiger partial charge in [-0.1, -0.05) is 50.2 Å². The van der Waals surface area contributed by atoms with Crippen molar-refractivity contribution in [2.24, 2.45) is 0 Å². The molecule has 8 heteroatoms. The Morgan fingerprint density at radius 3 is 2.59 bits per heavy atom. The van der Waals surface area contributed by atoms with E-state index < -0.39 is 0 Å². The van der Waals surface area contributed by atoms with Crippen LogP contribution in [0, 0.1) is 6.92 Å². The van der Waals surface area contributed by atoms with E-state index in [4.69, 9.17) is 11.6 Å². The van der Waals surface area contributed by atoms with E-state index >= 15 is 0 Å². The number of likely N-dealkylation sites (tertiary alicyclic amines) is 1. The van der Waals surface area contributed by atoms with E-state index in [9.17, 15) is 14.4 Å². The number of carbonyl (C=O) groups excluding carboxylic acids is 3. The molecule has 1 fully saturated rings. The van der Waals surface area contributed by atoms with Crippen LogP contribution in [0.5, 0.6) is 0 Å². The predicted octanol–water partition coefficient (Wildman–Crippen LogP) is 4.44. The van der Waals surface area contributed by atoms with Gasteiger partial charge in [0.15, 0.2) is 0 Å². The summed E-state index contributed by atoms with van der Waals surface area (Å²) in [4.78, 5) is 42.6. The Hall–Kier alpha value is -3.58. The van der Waals surface area contributed by atoms with E-state index in [1.807, 2.05) is 35.4 Å². The molecule has 2 aliphatic rings. The number of nitrogens with one attached hydrogen (secondary N) is 1. The molecule has 2 aliphatic heterocycles. The zero-order valence-corrected chi connectivity index (χ0v) is 23.6. The Balaban J connectivity index is 1.46. The van der Waals surface area contributed by atoms with Crippen LogP contribution in [-0.2, 0) is 41.9 Å². The zero-order chi connectivity index (χ0) is 27.8. The number of nitrogens with zero attached hydrogens (tertiary/aromatic N) is 3. The fourth-order valence-electron chi connectivity index (χ4n) is 6.14. The minimum Gasteiger partial charge on any atom is -0.348 e. The molecule has 7 nitrogen and oxygen atoms in total. The lowest BCUT2D eigenvalue weighted by atomic mass is 9.93. The minimum atomic E-state index is -0.148. The molecule has 0 radical (unpaired) electrons. The van der Waals surface area contributed by atoms with E-state index in [2.05, 4.69) is 37.0 Å². The summed E-state index contributed by atoms with van der Waals surface area (Å²) in [5.74, 6) is -0.306. The summed E-state index contributed by atoms with van der Waals surface area (Å²) in [6.45, 7) is 11.9. The SMILES string of the molecule is C=CC(=O)N1CC(NC(=O)Cn2c(CC)c(C(=O)N3CCc4c(CC)cccc4C3)c3cc(Cl)cc(C)c32)C1. The molecule has 0 unspecified atom stereocenters. The number of aryl methyl sites for hydroxylation is 2. The van der Waals surface area contributed by atoms with Gasteiger partial charge in [-0.15, -0.1) is 0 Å². The van der Waals surface area contributed by atoms with Crippen LogP contribution in [0.1, 0.15) is 52.2 Å². The third kappa shape index (κ3) is 4.96. The van der Waals surface area contributed by atoms with Crippen molar-refractivity contribution in [2.45, 2.75) is 59.2 Å². The van der Waals surface area contributed by atoms with Crippen LogP contribution in [0.25, 0.3) is 10.9 Å². The molecule has 1 aromatic heterocycles. The highest BCUT2D eigenvalue weighted by molar-refractivity contribution is 6.31. The van der Waals surface area contributed by atoms with E-state index in [1.165, 1.54) is 22.8 Å². The number of halogens is 1. The van der Waals surface area contributed by atoms with Crippen LogP contribution < -0.4 is 5.32 Å². The molecule has 2 aromatic carbocycles. The lowest BCUT2D eigenvalue weighted by Gasteiger charge is -2.39. The van der Waals surface area contributed by atoms with Gasteiger partial charge in [0.05, 0.1) is 17.1 Å². The molecule has 0 bridgehead atoms. The molecule has 0 spiro atoms. The first kappa shape index (κ1) is 27.0. The standard InChI is InChI=1S/C31H35ClN4O3/c1-5-20-9-8-10-21-15-34(12-11-24(20)21)31(39)29-25-14-22(32)13-19(4)30(25)36(26(29)6-2)18-27(37)33-23-16-35(17-23)28(38)7-3/h7-10,13-14,23H,3,5-6,11-12,15-18H2,1-2,4H3,(H,33,37). The van der Waals surface area contributed by atoms with E-state index in [0.29, 0.717) is 43.2 Å². The van der Waals surface area contributed by atoms with Gasteiger partial charge < -0.3 is 19.7 Å². The molecule has 3 amide bonds. The van der Waals surface area contributed by atoms with Crippen LogP contribution in [0.3, 0.4) is 0 Å². The summed E-state index contributed by atoms with van der Waals surface area (Å²) in [5, 5.41) is 4.39. The Morgan fingerprint density at radius 1 is 1.13 bits per heavy atom. The fourth-order valence-corrected chi connectivity index (χ4v) is 6.41. The largest absolute Gasteiger partial charge is 0.348 e. The van der Waals surface area contributed by atoms with Gasteiger partial charge in [0.1, 0.15) is 6.54 Å². The molecule has 39 heavy (non-hydrogen) atoms. The van der Waals surface area contributed by atoms with Crippen molar-refractivity contribution in [3.63, 3.8) is 0 Å². The second-order valence-electron chi connectivity index (χ2n) is 10.5. The number of aromatic nitrogens is 1. The lowest BCUT2D eigenvalue weighted by molar-refractivity contribution is -0.133. The van der Waals surface area contributed by atoms with Crippen LogP contribution in [0.4, 0.5) is 0 Å². The second-order valence-corrected chi connectivity index (χ2v) is 10.9. The van der Waals surface area contributed by atoms with Crippen LogP contribution in [0.15, 0.2) is 43.0 Å². The van der Waals surface area contributed by atoms with Crippen LogP contribution in [-0.4, -0.2) is 57.8 Å². The van der Waals surface area contributed by atoms with Crippen molar-refractivity contribution in [2.75, 3.05) is 19.6 Å². The molecule has 0 aliphatic carbocycles. The molecular formula is C31H35ClN4O3. The number of benzene rings is 2. The van der Waals surface area contributed by atoms with Crippen LogP contribution >= 0.6 is 11.6 Å². The predicted molar refractivity (Wildman–Crippen MR) is 154 cm³/mol. The van der Waals surface area contributed by atoms with Crippen molar-refractivity contribution in [3.8, 4) is 0 Å². The van der Waals surface area contributed by atoms with Gasteiger partial charge in [0.25, 0.3) is 5.91 Å². The maximum absolute atomic E-state index is 14.2. The van der Waals surface area contributed by atoms with Crippen molar-refractivity contribution < 1.29 is 14.4 Å². The fraction of sp³-hybridized carbons (Fsp3) is 0.387. The van der Waals surface area contributed by atoms with Crippen LogP contribution in [0.2, 0.25) is 5.02 Å². The molecule has 204 valence electrons. The maximum atomic E-state index is 14.2. The van der Waals surface area contributed by atoms with Crippen molar-refractivity contribution in [1.82, 2.24) is 19.7 Å². The third-order valence-electron chi connectivity index (χ3n) is 8.03. The van der Waals surface area contributed by atoms with Gasteiger partial charge in [0.2, 0.25) is 11.8 Å².